The van der Waals surface area contributed by atoms with Crippen molar-refractivity contribution in [3.63, 3.8) is 0 Å². The molecule has 1 aliphatic rings. The topological polar surface area (TPSA) is 119 Å². The zero-order valence-corrected chi connectivity index (χ0v) is 13.1. The Morgan fingerprint density at radius 1 is 1.46 bits per heavy atom. The maximum atomic E-state index is 12.0. The second-order valence-corrected chi connectivity index (χ2v) is 5.48. The number of rotatable bonds is 8. The summed E-state index contributed by atoms with van der Waals surface area (Å²) in [5.74, 6) is -0.862. The molecule has 1 N–H and O–H groups in total. The number of nitrogens with one attached hydrogen (secondary N) is 1. The van der Waals surface area contributed by atoms with Gasteiger partial charge in [0.05, 0.1) is 11.5 Å². The van der Waals surface area contributed by atoms with Crippen LogP contribution in [-0.2, 0) is 9.59 Å². The van der Waals surface area contributed by atoms with E-state index in [-0.39, 0.29) is 29.8 Å². The zero-order valence-electron chi connectivity index (χ0n) is 13.1. The summed E-state index contributed by atoms with van der Waals surface area (Å²) in [6, 6.07) is 3.89. The Balaban J connectivity index is 1.91. The van der Waals surface area contributed by atoms with Gasteiger partial charge in [-0.15, -0.1) is 0 Å². The van der Waals surface area contributed by atoms with Crippen LogP contribution < -0.4 is 10.1 Å². The van der Waals surface area contributed by atoms with Crippen molar-refractivity contribution in [1.29, 1.82) is 0 Å². The molecule has 2 rings (SSSR count). The van der Waals surface area contributed by atoms with Crippen LogP contribution in [0.5, 0.6) is 5.75 Å². The van der Waals surface area contributed by atoms with Crippen LogP contribution in [-0.4, -0.2) is 54.2 Å². The Bertz CT molecular complexity index is 671. The van der Waals surface area contributed by atoms with Crippen molar-refractivity contribution in [2.75, 3.05) is 20.2 Å². The summed E-state index contributed by atoms with van der Waals surface area (Å²) in [4.78, 5) is 45.7. The highest BCUT2D eigenvalue weighted by atomic mass is 16.6. The van der Waals surface area contributed by atoms with Crippen molar-refractivity contribution < 1.29 is 24.0 Å². The molecule has 0 radical (unpaired) electrons. The van der Waals surface area contributed by atoms with Gasteiger partial charge in [-0.1, -0.05) is 0 Å². The Morgan fingerprint density at radius 3 is 2.75 bits per heavy atom. The largest absolute Gasteiger partial charge is 0.477 e. The lowest BCUT2D eigenvalue weighted by atomic mass is 10.2. The second kappa shape index (κ2) is 7.53. The molecule has 1 fully saturated rings. The number of nitrogens with zero attached hydrogens (tertiary/aromatic N) is 2. The Morgan fingerprint density at radius 2 is 2.17 bits per heavy atom. The van der Waals surface area contributed by atoms with Crippen LogP contribution in [0.1, 0.15) is 23.2 Å². The third-order valence-electron chi connectivity index (χ3n) is 3.42. The predicted octanol–water partition coefficient (Wildman–Crippen LogP) is 0.523. The normalized spacial score (nSPS) is 13.0. The Labute approximate surface area is 137 Å². The maximum Gasteiger partial charge on any atom is 0.311 e. The summed E-state index contributed by atoms with van der Waals surface area (Å²) in [7, 11) is 1.45. The standard InChI is InChI=1S/C15H17N3O6/c1-17(7-14(20)16-11-3-4-11)15(21)9-24-13-5-2-10(8-19)6-12(13)18(22)23/h2,5-6,8,11H,3-4,7,9H2,1H3,(H,16,20). The van der Waals surface area contributed by atoms with Crippen LogP contribution in [0.4, 0.5) is 5.69 Å². The van der Waals surface area contributed by atoms with Crippen LogP contribution in [0.15, 0.2) is 18.2 Å². The quantitative estimate of drug-likeness (QED) is 0.420. The number of amides is 2. The van der Waals surface area contributed by atoms with E-state index in [9.17, 15) is 24.5 Å². The SMILES string of the molecule is CN(CC(=O)NC1CC1)C(=O)COc1ccc(C=O)cc1[N+](=O)[O-]. The molecule has 9 heteroatoms. The number of carbonyl (C=O) groups is 3. The van der Waals surface area contributed by atoms with Crippen molar-refractivity contribution in [3.8, 4) is 5.75 Å². The molecule has 0 heterocycles. The van der Waals surface area contributed by atoms with E-state index in [0.717, 1.165) is 18.9 Å². The second-order valence-electron chi connectivity index (χ2n) is 5.48. The lowest BCUT2D eigenvalue weighted by Gasteiger charge is -2.17. The van der Waals surface area contributed by atoms with E-state index in [0.29, 0.717) is 6.29 Å². The highest BCUT2D eigenvalue weighted by Crippen LogP contribution is 2.27. The number of nitro benzene ring substituents is 1. The van der Waals surface area contributed by atoms with Gasteiger partial charge in [0.25, 0.3) is 5.91 Å². The number of hydrogen-bond acceptors (Lipinski definition) is 6. The highest BCUT2D eigenvalue weighted by Gasteiger charge is 2.24. The first-order chi connectivity index (χ1) is 11.4. The summed E-state index contributed by atoms with van der Waals surface area (Å²) in [5.41, 5.74) is -0.268. The monoisotopic (exact) mass is 335 g/mol. The van der Waals surface area contributed by atoms with E-state index in [4.69, 9.17) is 4.74 Å². The molecule has 2 amide bonds. The van der Waals surface area contributed by atoms with Crippen molar-refractivity contribution in [2.45, 2.75) is 18.9 Å². The van der Waals surface area contributed by atoms with E-state index in [2.05, 4.69) is 5.32 Å². The fourth-order valence-electron chi connectivity index (χ4n) is 1.93. The van der Waals surface area contributed by atoms with Crippen molar-refractivity contribution in [3.05, 3.63) is 33.9 Å². The lowest BCUT2D eigenvalue weighted by Crippen LogP contribution is -2.40. The first kappa shape index (κ1) is 17.4. The molecule has 0 spiro atoms. The first-order valence-electron chi connectivity index (χ1n) is 7.30. The molecule has 1 saturated carbocycles. The van der Waals surface area contributed by atoms with Crippen molar-refractivity contribution in [2.24, 2.45) is 0 Å². The van der Waals surface area contributed by atoms with Gasteiger partial charge in [-0.2, -0.15) is 0 Å². The molecule has 128 valence electrons. The minimum Gasteiger partial charge on any atom is -0.477 e. The molecule has 0 unspecified atom stereocenters. The average molecular weight is 335 g/mol. The van der Waals surface area contributed by atoms with Crippen LogP contribution >= 0.6 is 0 Å². The van der Waals surface area contributed by atoms with Gasteiger partial charge in [0.1, 0.15) is 6.29 Å². The van der Waals surface area contributed by atoms with Crippen LogP contribution in [0.2, 0.25) is 0 Å². The van der Waals surface area contributed by atoms with E-state index in [1.807, 2.05) is 0 Å². The molecule has 0 aromatic heterocycles. The summed E-state index contributed by atoms with van der Waals surface area (Å²) >= 11 is 0. The zero-order chi connectivity index (χ0) is 17.7. The predicted molar refractivity (Wildman–Crippen MR) is 82.8 cm³/mol. The fourth-order valence-corrected chi connectivity index (χ4v) is 1.93. The average Bonchev–Trinajstić information content (AvgIpc) is 3.35. The minimum absolute atomic E-state index is 0.106. The summed E-state index contributed by atoms with van der Waals surface area (Å²) in [5, 5.41) is 13.7. The van der Waals surface area contributed by atoms with Gasteiger partial charge >= 0.3 is 5.69 Å². The molecule has 0 aliphatic heterocycles. The molecule has 1 aliphatic carbocycles. The van der Waals surface area contributed by atoms with Crippen LogP contribution in [0, 0.1) is 10.1 Å². The number of benzene rings is 1. The van der Waals surface area contributed by atoms with E-state index < -0.39 is 23.1 Å². The molecule has 9 nitrogen and oxygen atoms in total. The van der Waals surface area contributed by atoms with E-state index in [1.165, 1.54) is 24.1 Å². The van der Waals surface area contributed by atoms with Crippen LogP contribution in [0.25, 0.3) is 0 Å². The number of ether oxygens (including phenoxy) is 1. The smallest absolute Gasteiger partial charge is 0.311 e. The third kappa shape index (κ3) is 4.77. The third-order valence-corrected chi connectivity index (χ3v) is 3.42. The summed E-state index contributed by atoms with van der Waals surface area (Å²) in [6.07, 6.45) is 2.38. The van der Waals surface area contributed by atoms with Gasteiger partial charge < -0.3 is 15.0 Å². The van der Waals surface area contributed by atoms with Gasteiger partial charge in [0.15, 0.2) is 12.4 Å². The van der Waals surface area contributed by atoms with Crippen molar-refractivity contribution >= 4 is 23.8 Å². The molecule has 1 aromatic carbocycles. The highest BCUT2D eigenvalue weighted by molar-refractivity contribution is 5.85. The first-order valence-corrected chi connectivity index (χ1v) is 7.30. The van der Waals surface area contributed by atoms with E-state index >= 15 is 0 Å². The van der Waals surface area contributed by atoms with Crippen molar-refractivity contribution in [1.82, 2.24) is 10.2 Å². The number of hydrogen-bond donors (Lipinski definition) is 1. The van der Waals surface area contributed by atoms with Gasteiger partial charge in [-0.05, 0) is 25.0 Å². The van der Waals surface area contributed by atoms with Gasteiger partial charge in [0, 0.05) is 24.7 Å². The van der Waals surface area contributed by atoms with Gasteiger partial charge in [-0.25, -0.2) is 0 Å². The summed E-state index contributed by atoms with van der Waals surface area (Å²) < 4.78 is 5.18. The fraction of sp³-hybridized carbons (Fsp3) is 0.400. The molecule has 0 bridgehead atoms. The minimum atomic E-state index is -0.695. The van der Waals surface area contributed by atoms with Gasteiger partial charge in [0.2, 0.25) is 5.91 Å². The molecular formula is C15H17N3O6. The summed E-state index contributed by atoms with van der Waals surface area (Å²) in [6.45, 7) is -0.556. The Hall–Kier alpha value is -2.97. The van der Waals surface area contributed by atoms with Gasteiger partial charge in [-0.3, -0.25) is 24.5 Å². The maximum absolute atomic E-state index is 12.0. The van der Waals surface area contributed by atoms with Crippen LogP contribution in [0.3, 0.4) is 0 Å². The Kier molecular flexibility index (Phi) is 5.46. The number of likely N-dealkylation sites (N-methyl/N-ethyl adjacent to an activating group) is 1. The van der Waals surface area contributed by atoms with E-state index in [1.54, 1.807) is 0 Å². The molecule has 0 saturated heterocycles. The number of aldehydes is 1. The lowest BCUT2D eigenvalue weighted by molar-refractivity contribution is -0.385. The molecule has 1 aromatic rings. The molecular weight excluding hydrogens is 318 g/mol. The molecule has 0 atom stereocenters. The molecule has 24 heavy (non-hydrogen) atoms. The number of nitro groups is 1. The number of carbonyl (C=O) groups excluding carboxylic acids is 3.